The van der Waals surface area contributed by atoms with Crippen LogP contribution >= 0.6 is 23.2 Å². The van der Waals surface area contributed by atoms with Crippen LogP contribution in [-0.4, -0.2) is 23.1 Å². The molecule has 0 fully saturated rings. The zero-order valence-electron chi connectivity index (χ0n) is 16.3. The molecule has 0 saturated heterocycles. The molecule has 1 aromatic heterocycles. The van der Waals surface area contributed by atoms with E-state index in [1.54, 1.807) is 0 Å². The van der Waals surface area contributed by atoms with E-state index < -0.39 is 0 Å². The maximum Gasteiger partial charge on any atom is 0.226 e. The normalized spacial score (nSPS) is 16.9. The third-order valence-electron chi connectivity index (χ3n) is 5.52. The lowest BCUT2D eigenvalue weighted by atomic mass is 10.0. The third-order valence-corrected chi connectivity index (χ3v) is 6.26. The fraction of sp³-hybridized carbons (Fsp3) is 0.273. The Bertz CT molecular complexity index is 1060. The second-order valence-corrected chi connectivity index (χ2v) is 8.39. The predicted molar refractivity (Wildman–Crippen MR) is 122 cm³/mol. The molecule has 0 saturated carbocycles. The average molecular weight is 441 g/mol. The second kappa shape index (κ2) is 8.30. The van der Waals surface area contributed by atoms with Crippen molar-refractivity contribution >= 4 is 40.8 Å². The number of nitrogens with zero attached hydrogens (tertiary/aromatic N) is 3. The molecule has 30 heavy (non-hydrogen) atoms. The van der Waals surface area contributed by atoms with Crippen molar-refractivity contribution in [2.75, 3.05) is 28.7 Å². The number of benzene rings is 2. The highest BCUT2D eigenvalue weighted by atomic mass is 35.5. The van der Waals surface area contributed by atoms with E-state index >= 15 is 0 Å². The van der Waals surface area contributed by atoms with E-state index in [-0.39, 0.29) is 6.04 Å². The third kappa shape index (κ3) is 3.90. The Labute approximate surface area is 185 Å². The molecule has 0 aliphatic carbocycles. The molecule has 5 rings (SSSR count). The van der Waals surface area contributed by atoms with Gasteiger partial charge in [-0.2, -0.15) is 9.97 Å². The average Bonchev–Trinajstić information content (AvgIpc) is 3.17. The van der Waals surface area contributed by atoms with Gasteiger partial charge >= 0.3 is 0 Å². The summed E-state index contributed by atoms with van der Waals surface area (Å²) in [6, 6.07) is 16.5. The smallest absolute Gasteiger partial charge is 0.226 e. The minimum absolute atomic E-state index is 0.257. The lowest BCUT2D eigenvalue weighted by Gasteiger charge is -2.32. The molecule has 1 unspecified atom stereocenters. The van der Waals surface area contributed by atoms with Crippen molar-refractivity contribution in [3.63, 3.8) is 0 Å². The standard InChI is InChI=1S/C22H22Cl2N6/c23-16-7-6-14(12-17(16)24)8-10-25-22-26-20-19-18(28-29-20)9-11-30(21(19)27-22)13-15-4-2-1-3-5-15/h1-7,12,18,28H,8-11,13H2,(H2,25,26,27,29). The first-order valence-electron chi connectivity index (χ1n) is 10.1. The fourth-order valence-corrected chi connectivity index (χ4v) is 4.32. The van der Waals surface area contributed by atoms with Crippen molar-refractivity contribution in [3.8, 4) is 0 Å². The highest BCUT2D eigenvalue weighted by Gasteiger charge is 2.34. The van der Waals surface area contributed by atoms with Gasteiger partial charge in [-0.25, -0.2) is 5.43 Å². The van der Waals surface area contributed by atoms with E-state index in [1.165, 1.54) is 5.56 Å². The van der Waals surface area contributed by atoms with Gasteiger partial charge in [-0.15, -0.1) is 0 Å². The lowest BCUT2D eigenvalue weighted by molar-refractivity contribution is 0.534. The molecule has 3 aromatic rings. The highest BCUT2D eigenvalue weighted by Crippen LogP contribution is 2.41. The van der Waals surface area contributed by atoms with Crippen LogP contribution in [0, 0.1) is 0 Å². The molecular formula is C22H22Cl2N6. The van der Waals surface area contributed by atoms with Gasteiger partial charge in [0.1, 0.15) is 5.82 Å². The molecule has 0 bridgehead atoms. The molecule has 6 nitrogen and oxygen atoms in total. The Morgan fingerprint density at radius 3 is 2.73 bits per heavy atom. The van der Waals surface area contributed by atoms with Crippen LogP contribution < -0.4 is 21.1 Å². The quantitative estimate of drug-likeness (QED) is 0.510. The lowest BCUT2D eigenvalue weighted by Crippen LogP contribution is -2.34. The molecule has 2 aliphatic rings. The molecule has 154 valence electrons. The molecule has 3 heterocycles. The van der Waals surface area contributed by atoms with Crippen LogP contribution in [0.4, 0.5) is 17.6 Å². The number of rotatable bonds is 6. The zero-order chi connectivity index (χ0) is 20.5. The Hall–Kier alpha value is -2.54. The van der Waals surface area contributed by atoms with Gasteiger partial charge in [0.15, 0.2) is 5.82 Å². The van der Waals surface area contributed by atoms with Crippen LogP contribution in [0.5, 0.6) is 0 Å². The van der Waals surface area contributed by atoms with Crippen molar-refractivity contribution in [2.45, 2.75) is 25.4 Å². The topological polar surface area (TPSA) is 65.1 Å². The molecule has 2 aliphatic heterocycles. The van der Waals surface area contributed by atoms with E-state index in [9.17, 15) is 0 Å². The molecule has 1 atom stereocenters. The van der Waals surface area contributed by atoms with Gasteiger partial charge in [0.25, 0.3) is 0 Å². The highest BCUT2D eigenvalue weighted by molar-refractivity contribution is 6.42. The predicted octanol–water partition coefficient (Wildman–Crippen LogP) is 4.82. The van der Waals surface area contributed by atoms with Crippen molar-refractivity contribution in [1.82, 2.24) is 15.4 Å². The van der Waals surface area contributed by atoms with E-state index in [4.69, 9.17) is 28.2 Å². The maximum absolute atomic E-state index is 6.12. The summed E-state index contributed by atoms with van der Waals surface area (Å²) >= 11 is 12.1. The van der Waals surface area contributed by atoms with Crippen LogP contribution in [0.1, 0.15) is 29.2 Å². The van der Waals surface area contributed by atoms with Crippen LogP contribution in [0.25, 0.3) is 0 Å². The largest absolute Gasteiger partial charge is 0.354 e. The Morgan fingerprint density at radius 1 is 1.03 bits per heavy atom. The van der Waals surface area contributed by atoms with Crippen LogP contribution in [0.15, 0.2) is 48.5 Å². The minimum atomic E-state index is 0.257. The number of nitrogens with one attached hydrogen (secondary N) is 3. The Kier molecular flexibility index (Phi) is 5.37. The SMILES string of the molecule is Clc1ccc(CCNc2nc3c4c(n2)N(Cc2ccccc2)CCC4NN3)cc1Cl. The van der Waals surface area contributed by atoms with E-state index in [2.05, 4.69) is 50.3 Å². The van der Waals surface area contributed by atoms with Crippen molar-refractivity contribution in [1.29, 1.82) is 0 Å². The number of aromatic nitrogens is 2. The summed E-state index contributed by atoms with van der Waals surface area (Å²) in [5.41, 5.74) is 10.1. The maximum atomic E-state index is 6.12. The van der Waals surface area contributed by atoms with E-state index in [0.29, 0.717) is 22.5 Å². The molecule has 0 radical (unpaired) electrons. The summed E-state index contributed by atoms with van der Waals surface area (Å²) in [5, 5.41) is 4.51. The van der Waals surface area contributed by atoms with E-state index in [1.807, 2.05) is 24.3 Å². The monoisotopic (exact) mass is 440 g/mol. The van der Waals surface area contributed by atoms with Crippen molar-refractivity contribution < 1.29 is 0 Å². The molecule has 3 N–H and O–H groups in total. The zero-order valence-corrected chi connectivity index (χ0v) is 17.8. The molecule has 8 heteroatoms. The number of hydrazine groups is 1. The van der Waals surface area contributed by atoms with Gasteiger partial charge in [0, 0.05) is 19.6 Å². The van der Waals surface area contributed by atoms with Gasteiger partial charge in [-0.1, -0.05) is 59.6 Å². The summed E-state index contributed by atoms with van der Waals surface area (Å²) in [5.74, 6) is 2.48. The Balaban J connectivity index is 1.34. The molecule has 0 spiro atoms. The number of halogens is 2. The first-order chi connectivity index (χ1) is 14.7. The van der Waals surface area contributed by atoms with Crippen LogP contribution in [-0.2, 0) is 13.0 Å². The summed E-state index contributed by atoms with van der Waals surface area (Å²) in [4.78, 5) is 11.9. The number of anilines is 3. The van der Waals surface area contributed by atoms with Gasteiger partial charge < -0.3 is 15.6 Å². The second-order valence-electron chi connectivity index (χ2n) is 7.58. The van der Waals surface area contributed by atoms with Gasteiger partial charge in [0.05, 0.1) is 21.7 Å². The van der Waals surface area contributed by atoms with Crippen LogP contribution in [0.3, 0.4) is 0 Å². The minimum Gasteiger partial charge on any atom is -0.354 e. The molecule has 0 amide bonds. The number of hydrogen-bond acceptors (Lipinski definition) is 6. The number of hydrogen-bond donors (Lipinski definition) is 3. The van der Waals surface area contributed by atoms with Gasteiger partial charge in [0.2, 0.25) is 5.95 Å². The summed E-state index contributed by atoms with van der Waals surface area (Å²) in [6.07, 6.45) is 1.82. The molecular weight excluding hydrogens is 419 g/mol. The fourth-order valence-electron chi connectivity index (χ4n) is 4.00. The molecule has 2 aromatic carbocycles. The first-order valence-corrected chi connectivity index (χ1v) is 10.8. The Morgan fingerprint density at radius 2 is 1.90 bits per heavy atom. The van der Waals surface area contributed by atoms with Crippen molar-refractivity contribution in [3.05, 3.63) is 75.3 Å². The summed E-state index contributed by atoms with van der Waals surface area (Å²) in [6.45, 7) is 2.48. The van der Waals surface area contributed by atoms with Gasteiger partial charge in [-0.3, -0.25) is 0 Å². The summed E-state index contributed by atoms with van der Waals surface area (Å²) < 4.78 is 0. The van der Waals surface area contributed by atoms with E-state index in [0.717, 1.165) is 48.7 Å². The summed E-state index contributed by atoms with van der Waals surface area (Å²) in [7, 11) is 0. The van der Waals surface area contributed by atoms with Gasteiger partial charge in [-0.05, 0) is 36.1 Å². The van der Waals surface area contributed by atoms with Crippen LogP contribution in [0.2, 0.25) is 10.0 Å². The van der Waals surface area contributed by atoms with Crippen molar-refractivity contribution in [2.24, 2.45) is 0 Å². The first kappa shape index (κ1) is 19.4.